The quantitative estimate of drug-likeness (QED) is 0.859. The third-order valence-electron chi connectivity index (χ3n) is 3.76. The zero-order valence-electron chi connectivity index (χ0n) is 10.7. The second-order valence-corrected chi connectivity index (χ2v) is 5.74. The molecule has 4 heteroatoms. The predicted octanol–water partition coefficient (Wildman–Crippen LogP) is 3.60. The second kappa shape index (κ2) is 5.89. The molecule has 0 spiro atoms. The van der Waals surface area contributed by atoms with Gasteiger partial charge in [-0.3, -0.25) is 0 Å². The van der Waals surface area contributed by atoms with Crippen molar-refractivity contribution in [2.75, 3.05) is 18.0 Å². The van der Waals surface area contributed by atoms with Crippen LogP contribution in [0.1, 0.15) is 31.7 Å². The van der Waals surface area contributed by atoms with E-state index in [2.05, 4.69) is 11.8 Å². The van der Waals surface area contributed by atoms with Gasteiger partial charge in [-0.2, -0.15) is 0 Å². The third kappa shape index (κ3) is 2.96. The summed E-state index contributed by atoms with van der Waals surface area (Å²) in [5.74, 6) is 0.855. The number of hydrogen-bond acceptors (Lipinski definition) is 2. The summed E-state index contributed by atoms with van der Waals surface area (Å²) in [5, 5.41) is 0.739. The lowest BCUT2D eigenvalue weighted by Crippen LogP contribution is -2.34. The van der Waals surface area contributed by atoms with Crippen molar-refractivity contribution in [1.29, 1.82) is 0 Å². The molecule has 0 aliphatic carbocycles. The van der Waals surface area contributed by atoms with Gasteiger partial charge in [-0.25, -0.2) is 0 Å². The van der Waals surface area contributed by atoms with Crippen LogP contribution in [0.4, 0.5) is 5.69 Å². The zero-order valence-corrected chi connectivity index (χ0v) is 12.2. The predicted molar refractivity (Wildman–Crippen MR) is 82.6 cm³/mol. The molecule has 2 rings (SSSR count). The number of piperidine rings is 1. The van der Waals surface area contributed by atoms with Crippen LogP contribution in [0.25, 0.3) is 0 Å². The van der Waals surface area contributed by atoms with Gasteiger partial charge in [-0.1, -0.05) is 37.2 Å². The highest BCUT2D eigenvalue weighted by Crippen LogP contribution is 2.29. The first kappa shape index (κ1) is 13.6. The largest absolute Gasteiger partial charge is 0.389 e. The number of thiocarbonyl (C=S) groups is 1. The van der Waals surface area contributed by atoms with Gasteiger partial charge in [0.05, 0.1) is 0 Å². The van der Waals surface area contributed by atoms with Gasteiger partial charge in [0, 0.05) is 29.4 Å². The lowest BCUT2D eigenvalue weighted by atomic mass is 9.94. The Labute approximate surface area is 119 Å². The van der Waals surface area contributed by atoms with E-state index in [0.29, 0.717) is 4.99 Å². The van der Waals surface area contributed by atoms with E-state index in [1.165, 1.54) is 19.3 Å². The van der Waals surface area contributed by atoms with Crippen LogP contribution in [0.15, 0.2) is 18.2 Å². The third-order valence-corrected chi connectivity index (χ3v) is 4.21. The number of benzene rings is 1. The Morgan fingerprint density at radius 2 is 2.11 bits per heavy atom. The molecule has 1 aromatic carbocycles. The summed E-state index contributed by atoms with van der Waals surface area (Å²) >= 11 is 11.2. The molecular formula is C14H19ClN2S. The molecular weight excluding hydrogens is 264 g/mol. The first-order valence-electron chi connectivity index (χ1n) is 6.46. The van der Waals surface area contributed by atoms with Crippen molar-refractivity contribution in [2.24, 2.45) is 11.7 Å². The van der Waals surface area contributed by atoms with E-state index in [1.54, 1.807) is 0 Å². The highest BCUT2D eigenvalue weighted by atomic mass is 35.5. The van der Waals surface area contributed by atoms with Crippen LogP contribution in [0.2, 0.25) is 5.02 Å². The van der Waals surface area contributed by atoms with Crippen molar-refractivity contribution in [3.8, 4) is 0 Å². The van der Waals surface area contributed by atoms with Crippen LogP contribution in [-0.4, -0.2) is 18.1 Å². The average Bonchev–Trinajstić information content (AvgIpc) is 2.38. The molecule has 2 N–H and O–H groups in total. The molecule has 0 unspecified atom stereocenters. The minimum atomic E-state index is 0.444. The molecule has 0 amide bonds. The summed E-state index contributed by atoms with van der Waals surface area (Å²) in [6.07, 6.45) is 3.74. The number of anilines is 1. The fourth-order valence-corrected chi connectivity index (χ4v) is 2.90. The number of rotatable bonds is 3. The molecule has 1 aliphatic rings. The monoisotopic (exact) mass is 282 g/mol. The number of halogens is 1. The van der Waals surface area contributed by atoms with Crippen LogP contribution in [0.3, 0.4) is 0 Å². The smallest absolute Gasteiger partial charge is 0.106 e. The maximum Gasteiger partial charge on any atom is 0.106 e. The Morgan fingerprint density at radius 1 is 1.44 bits per heavy atom. The van der Waals surface area contributed by atoms with Crippen LogP contribution in [0.5, 0.6) is 0 Å². The van der Waals surface area contributed by atoms with Gasteiger partial charge in [0.15, 0.2) is 0 Å². The molecule has 0 aromatic heterocycles. The van der Waals surface area contributed by atoms with Gasteiger partial charge < -0.3 is 10.6 Å². The first-order chi connectivity index (χ1) is 8.61. The van der Waals surface area contributed by atoms with Crippen LogP contribution in [0, 0.1) is 5.92 Å². The fraction of sp³-hybridized carbons (Fsp3) is 0.500. The Hall–Kier alpha value is -0.800. The number of nitrogens with two attached hydrogens (primary N) is 1. The van der Waals surface area contributed by atoms with Crippen molar-refractivity contribution >= 4 is 34.5 Å². The van der Waals surface area contributed by atoms with E-state index in [9.17, 15) is 0 Å². The first-order valence-corrected chi connectivity index (χ1v) is 7.24. The van der Waals surface area contributed by atoms with E-state index in [4.69, 9.17) is 29.6 Å². The number of hydrogen-bond donors (Lipinski definition) is 1. The summed E-state index contributed by atoms with van der Waals surface area (Å²) in [7, 11) is 0. The molecule has 0 bridgehead atoms. The van der Waals surface area contributed by atoms with Crippen molar-refractivity contribution in [2.45, 2.75) is 26.2 Å². The Morgan fingerprint density at radius 3 is 2.67 bits per heavy atom. The second-order valence-electron chi connectivity index (χ2n) is 4.86. The van der Waals surface area contributed by atoms with Crippen LogP contribution >= 0.6 is 23.8 Å². The van der Waals surface area contributed by atoms with E-state index < -0.39 is 0 Å². The maximum absolute atomic E-state index is 6.09. The highest BCUT2D eigenvalue weighted by Gasteiger charge is 2.20. The number of nitrogens with zero attached hydrogens (tertiary/aromatic N) is 1. The lowest BCUT2D eigenvalue weighted by Gasteiger charge is -2.34. The van der Waals surface area contributed by atoms with Crippen molar-refractivity contribution < 1.29 is 0 Å². The van der Waals surface area contributed by atoms with E-state index in [1.807, 2.05) is 18.2 Å². The molecule has 1 aliphatic heterocycles. The molecule has 1 aromatic rings. The standard InChI is InChI=1S/C14H19ClN2S/c1-2-10-5-7-17(8-6-10)13-9-11(15)3-4-12(13)14(16)18/h3-4,9-10H,2,5-8H2,1H3,(H2,16,18). The molecule has 98 valence electrons. The van der Waals surface area contributed by atoms with Crippen molar-refractivity contribution in [3.05, 3.63) is 28.8 Å². The molecule has 0 atom stereocenters. The molecule has 1 saturated heterocycles. The van der Waals surface area contributed by atoms with Crippen LogP contribution in [-0.2, 0) is 0 Å². The average molecular weight is 283 g/mol. The molecule has 0 saturated carbocycles. The summed E-state index contributed by atoms with van der Waals surface area (Å²) in [6, 6.07) is 5.74. The van der Waals surface area contributed by atoms with E-state index in [0.717, 1.165) is 35.3 Å². The zero-order chi connectivity index (χ0) is 13.1. The van der Waals surface area contributed by atoms with Gasteiger partial charge in [-0.05, 0) is 37.0 Å². The van der Waals surface area contributed by atoms with E-state index >= 15 is 0 Å². The van der Waals surface area contributed by atoms with Crippen molar-refractivity contribution in [3.63, 3.8) is 0 Å². The topological polar surface area (TPSA) is 29.3 Å². The van der Waals surface area contributed by atoms with E-state index in [-0.39, 0.29) is 0 Å². The SMILES string of the molecule is CCC1CCN(c2cc(Cl)ccc2C(N)=S)CC1. The molecule has 18 heavy (non-hydrogen) atoms. The van der Waals surface area contributed by atoms with Crippen LogP contribution < -0.4 is 10.6 Å². The summed E-state index contributed by atoms with van der Waals surface area (Å²) in [4.78, 5) is 2.80. The Bertz CT molecular complexity index is 439. The lowest BCUT2D eigenvalue weighted by molar-refractivity contribution is 0.395. The maximum atomic E-state index is 6.09. The molecule has 1 heterocycles. The molecule has 2 nitrogen and oxygen atoms in total. The summed E-state index contributed by atoms with van der Waals surface area (Å²) in [6.45, 7) is 4.39. The Kier molecular flexibility index (Phi) is 4.46. The summed E-state index contributed by atoms with van der Waals surface area (Å²) < 4.78 is 0. The van der Waals surface area contributed by atoms with Gasteiger partial charge >= 0.3 is 0 Å². The van der Waals surface area contributed by atoms with Gasteiger partial charge in [0.25, 0.3) is 0 Å². The summed E-state index contributed by atoms with van der Waals surface area (Å²) in [5.41, 5.74) is 7.81. The fourth-order valence-electron chi connectivity index (χ4n) is 2.56. The van der Waals surface area contributed by atoms with Gasteiger partial charge in [0.2, 0.25) is 0 Å². The normalized spacial score (nSPS) is 16.9. The van der Waals surface area contributed by atoms with Gasteiger partial charge in [-0.15, -0.1) is 0 Å². The molecule has 1 fully saturated rings. The van der Waals surface area contributed by atoms with Gasteiger partial charge in [0.1, 0.15) is 4.99 Å². The Balaban J connectivity index is 2.22. The minimum absolute atomic E-state index is 0.444. The van der Waals surface area contributed by atoms with Crippen molar-refractivity contribution in [1.82, 2.24) is 0 Å². The molecule has 0 radical (unpaired) electrons. The minimum Gasteiger partial charge on any atom is -0.389 e. The highest BCUT2D eigenvalue weighted by molar-refractivity contribution is 7.80.